The number of carbonyl (C=O) groups excluding carboxylic acids is 3. The highest BCUT2D eigenvalue weighted by atomic mass is 16.5. The second kappa shape index (κ2) is 5.20. The fourth-order valence-corrected chi connectivity index (χ4v) is 2.19. The van der Waals surface area contributed by atoms with Crippen LogP contribution in [0.5, 0.6) is 5.75 Å². The number of barbiturate groups is 1. The molecule has 1 fully saturated rings. The molecule has 0 bridgehead atoms. The summed E-state index contributed by atoms with van der Waals surface area (Å²) in [5.74, 6) is -0.383. The number of benzene rings is 1. The average molecular weight is 290 g/mol. The van der Waals surface area contributed by atoms with Crippen LogP contribution in [-0.4, -0.2) is 29.9 Å². The van der Waals surface area contributed by atoms with Crippen molar-refractivity contribution in [1.29, 1.82) is 0 Å². The highest BCUT2D eigenvalue weighted by molar-refractivity contribution is 6.18. The standard InChI is InChI=1S/C15H18N2O4/c1-9(10-5-7-11(21-4)8-6-10)17-13(19)15(2,3)12(18)16-14(17)20/h5-9H,1-4H3,(H,16,18,20). The lowest BCUT2D eigenvalue weighted by molar-refractivity contribution is -0.150. The first-order valence-electron chi connectivity index (χ1n) is 6.62. The SMILES string of the molecule is COc1ccc(C(C)N2C(=O)NC(=O)C(C)(C)C2=O)cc1. The monoisotopic (exact) mass is 290 g/mol. The summed E-state index contributed by atoms with van der Waals surface area (Å²) in [6.45, 7) is 4.75. The second-order valence-corrected chi connectivity index (χ2v) is 5.51. The summed E-state index contributed by atoms with van der Waals surface area (Å²) in [7, 11) is 1.56. The van der Waals surface area contributed by atoms with Crippen LogP contribution >= 0.6 is 0 Å². The number of methoxy groups -OCH3 is 1. The van der Waals surface area contributed by atoms with Gasteiger partial charge in [-0.25, -0.2) is 4.79 Å². The molecule has 21 heavy (non-hydrogen) atoms. The van der Waals surface area contributed by atoms with Gasteiger partial charge in [0.25, 0.3) is 0 Å². The molecule has 0 radical (unpaired) electrons. The summed E-state index contributed by atoms with van der Waals surface area (Å²) < 4.78 is 5.08. The van der Waals surface area contributed by atoms with Crippen molar-refractivity contribution in [3.8, 4) is 5.75 Å². The molecule has 112 valence electrons. The largest absolute Gasteiger partial charge is 0.497 e. The third-order valence-corrected chi connectivity index (χ3v) is 3.75. The Morgan fingerprint density at radius 3 is 2.24 bits per heavy atom. The van der Waals surface area contributed by atoms with E-state index >= 15 is 0 Å². The first kappa shape index (κ1) is 15.0. The molecule has 1 atom stereocenters. The predicted molar refractivity (Wildman–Crippen MR) is 75.6 cm³/mol. The fraction of sp³-hybridized carbons (Fsp3) is 0.400. The van der Waals surface area contributed by atoms with Gasteiger partial charge in [-0.3, -0.25) is 19.8 Å². The Morgan fingerprint density at radius 2 is 1.71 bits per heavy atom. The molecule has 1 aliphatic heterocycles. The van der Waals surface area contributed by atoms with Crippen molar-refractivity contribution < 1.29 is 19.1 Å². The fourth-order valence-electron chi connectivity index (χ4n) is 2.19. The van der Waals surface area contributed by atoms with E-state index in [9.17, 15) is 14.4 Å². The van der Waals surface area contributed by atoms with E-state index < -0.39 is 29.3 Å². The van der Waals surface area contributed by atoms with Crippen LogP contribution in [0.3, 0.4) is 0 Å². The van der Waals surface area contributed by atoms with E-state index in [0.29, 0.717) is 5.75 Å². The van der Waals surface area contributed by atoms with Crippen molar-refractivity contribution in [2.24, 2.45) is 5.41 Å². The maximum atomic E-state index is 12.4. The lowest BCUT2D eigenvalue weighted by Crippen LogP contribution is -2.62. The van der Waals surface area contributed by atoms with Gasteiger partial charge in [-0.2, -0.15) is 0 Å². The van der Waals surface area contributed by atoms with Crippen LogP contribution in [0.1, 0.15) is 32.4 Å². The normalized spacial score (nSPS) is 19.2. The van der Waals surface area contributed by atoms with Crippen molar-refractivity contribution >= 4 is 17.8 Å². The van der Waals surface area contributed by atoms with Gasteiger partial charge in [0.2, 0.25) is 11.8 Å². The van der Waals surface area contributed by atoms with Gasteiger partial charge in [0, 0.05) is 0 Å². The minimum absolute atomic E-state index is 0.476. The maximum absolute atomic E-state index is 12.4. The minimum Gasteiger partial charge on any atom is -0.497 e. The van der Waals surface area contributed by atoms with Gasteiger partial charge in [0.15, 0.2) is 0 Å². The zero-order chi connectivity index (χ0) is 15.8. The molecular formula is C15H18N2O4. The lowest BCUT2D eigenvalue weighted by atomic mass is 9.87. The zero-order valence-corrected chi connectivity index (χ0v) is 12.5. The molecule has 6 nitrogen and oxygen atoms in total. The number of urea groups is 1. The third kappa shape index (κ3) is 2.49. The summed E-state index contributed by atoms with van der Waals surface area (Å²) in [5, 5.41) is 2.23. The van der Waals surface area contributed by atoms with Crippen molar-refractivity contribution in [3.63, 3.8) is 0 Å². The van der Waals surface area contributed by atoms with Crippen LogP contribution in [0.25, 0.3) is 0 Å². The molecule has 0 spiro atoms. The average Bonchev–Trinajstić information content (AvgIpc) is 2.45. The van der Waals surface area contributed by atoms with Crippen LogP contribution in [-0.2, 0) is 9.59 Å². The van der Waals surface area contributed by atoms with E-state index in [1.54, 1.807) is 38.3 Å². The Morgan fingerprint density at radius 1 is 1.14 bits per heavy atom. The number of hydrogen-bond acceptors (Lipinski definition) is 4. The zero-order valence-electron chi connectivity index (χ0n) is 12.5. The number of rotatable bonds is 3. The molecular weight excluding hydrogens is 272 g/mol. The Labute approximate surface area is 123 Å². The van der Waals surface area contributed by atoms with E-state index in [4.69, 9.17) is 4.74 Å². The second-order valence-electron chi connectivity index (χ2n) is 5.51. The molecule has 6 heteroatoms. The van der Waals surface area contributed by atoms with E-state index in [2.05, 4.69) is 5.32 Å². The summed E-state index contributed by atoms with van der Waals surface area (Å²) in [4.78, 5) is 37.2. The topological polar surface area (TPSA) is 75.7 Å². The molecule has 1 aromatic carbocycles. The molecule has 0 saturated carbocycles. The number of amides is 4. The van der Waals surface area contributed by atoms with Crippen LogP contribution in [0.4, 0.5) is 4.79 Å². The van der Waals surface area contributed by atoms with Gasteiger partial charge >= 0.3 is 6.03 Å². The van der Waals surface area contributed by atoms with Gasteiger partial charge in [-0.1, -0.05) is 12.1 Å². The number of nitrogens with one attached hydrogen (secondary N) is 1. The van der Waals surface area contributed by atoms with Crippen LogP contribution in [0.15, 0.2) is 24.3 Å². The van der Waals surface area contributed by atoms with Crippen molar-refractivity contribution in [2.45, 2.75) is 26.8 Å². The summed E-state index contributed by atoms with van der Waals surface area (Å²) >= 11 is 0. The van der Waals surface area contributed by atoms with E-state index in [0.717, 1.165) is 10.5 Å². The van der Waals surface area contributed by atoms with E-state index in [1.165, 1.54) is 13.8 Å². The highest BCUT2D eigenvalue weighted by Gasteiger charge is 2.48. The third-order valence-electron chi connectivity index (χ3n) is 3.75. The van der Waals surface area contributed by atoms with Crippen molar-refractivity contribution in [2.75, 3.05) is 7.11 Å². The minimum atomic E-state index is -1.26. The predicted octanol–water partition coefficient (Wildman–Crippen LogP) is 1.86. The molecule has 1 unspecified atom stereocenters. The maximum Gasteiger partial charge on any atom is 0.331 e. The molecule has 1 saturated heterocycles. The number of imide groups is 2. The van der Waals surface area contributed by atoms with Crippen molar-refractivity contribution in [1.82, 2.24) is 10.2 Å². The van der Waals surface area contributed by atoms with Crippen LogP contribution in [0.2, 0.25) is 0 Å². The van der Waals surface area contributed by atoms with Crippen LogP contribution < -0.4 is 10.1 Å². The van der Waals surface area contributed by atoms with Gasteiger partial charge in [0.1, 0.15) is 11.2 Å². The molecule has 0 aromatic heterocycles. The Balaban J connectivity index is 2.32. The van der Waals surface area contributed by atoms with Crippen LogP contribution in [0, 0.1) is 5.41 Å². The quantitative estimate of drug-likeness (QED) is 0.862. The van der Waals surface area contributed by atoms with Gasteiger partial charge < -0.3 is 4.74 Å². The summed E-state index contributed by atoms with van der Waals surface area (Å²) in [6.07, 6.45) is 0. The van der Waals surface area contributed by atoms with Gasteiger partial charge in [-0.05, 0) is 38.5 Å². The summed E-state index contributed by atoms with van der Waals surface area (Å²) in [5.41, 5.74) is -0.473. The molecule has 0 aliphatic carbocycles. The molecule has 1 aromatic rings. The lowest BCUT2D eigenvalue weighted by Gasteiger charge is -2.38. The van der Waals surface area contributed by atoms with E-state index in [-0.39, 0.29) is 0 Å². The summed E-state index contributed by atoms with van der Waals surface area (Å²) in [6, 6.07) is 5.92. The first-order valence-corrected chi connectivity index (χ1v) is 6.62. The van der Waals surface area contributed by atoms with E-state index in [1.807, 2.05) is 0 Å². The molecule has 1 aliphatic rings. The number of nitrogens with zero attached hydrogens (tertiary/aromatic N) is 1. The molecule has 1 N–H and O–H groups in total. The number of hydrogen-bond donors (Lipinski definition) is 1. The first-order chi connectivity index (χ1) is 9.78. The molecule has 1 heterocycles. The molecule has 2 rings (SSSR count). The van der Waals surface area contributed by atoms with Crippen molar-refractivity contribution in [3.05, 3.63) is 29.8 Å². The number of carbonyl (C=O) groups is 3. The Bertz CT molecular complexity index is 592. The smallest absolute Gasteiger partial charge is 0.331 e. The Kier molecular flexibility index (Phi) is 3.72. The highest BCUT2D eigenvalue weighted by Crippen LogP contribution is 2.31. The number of ether oxygens (including phenoxy) is 1. The molecule has 4 amide bonds. The Hall–Kier alpha value is -2.37. The van der Waals surface area contributed by atoms with Gasteiger partial charge in [0.05, 0.1) is 13.2 Å². The van der Waals surface area contributed by atoms with Gasteiger partial charge in [-0.15, -0.1) is 0 Å².